The van der Waals surface area contributed by atoms with Crippen molar-refractivity contribution in [2.24, 2.45) is 0 Å². The topological polar surface area (TPSA) is 40.5 Å². The van der Waals surface area contributed by atoms with Crippen molar-refractivity contribution in [1.82, 2.24) is 4.90 Å². The summed E-state index contributed by atoms with van der Waals surface area (Å²) in [5, 5.41) is 8.55. The predicted octanol–water partition coefficient (Wildman–Crippen LogP) is 1.50. The molecule has 0 bridgehead atoms. The lowest BCUT2D eigenvalue weighted by atomic mass is 10.1. The van der Waals surface area contributed by atoms with Crippen LogP contribution in [0.1, 0.15) is 25.7 Å². The second kappa shape index (κ2) is 5.02. The van der Waals surface area contributed by atoms with E-state index in [2.05, 4.69) is 11.5 Å². The summed E-state index contributed by atoms with van der Waals surface area (Å²) in [6, 6.07) is 0.467. The first kappa shape index (κ1) is 10.3. The smallest absolute Gasteiger partial charge is 0.303 e. The maximum Gasteiger partial charge on any atom is 0.303 e. The number of likely N-dealkylation sites (tertiary alicyclic amines) is 1. The fourth-order valence-corrected chi connectivity index (χ4v) is 1.92. The molecule has 0 aromatic rings. The number of nitrogens with zero attached hydrogens (tertiary/aromatic N) is 1. The monoisotopic (exact) mass is 183 g/mol. The van der Waals surface area contributed by atoms with Crippen molar-refractivity contribution in [3.8, 4) is 0 Å². The summed E-state index contributed by atoms with van der Waals surface area (Å²) < 4.78 is 0. The molecule has 1 fully saturated rings. The molecule has 0 aromatic carbocycles. The second-order valence-corrected chi connectivity index (χ2v) is 3.51. The number of carboxylic acids is 1. The lowest BCUT2D eigenvalue weighted by Crippen LogP contribution is -2.29. The van der Waals surface area contributed by atoms with E-state index in [0.717, 1.165) is 25.9 Å². The lowest BCUT2D eigenvalue weighted by molar-refractivity contribution is -0.137. The third kappa shape index (κ3) is 3.19. The molecule has 1 saturated heterocycles. The van der Waals surface area contributed by atoms with E-state index >= 15 is 0 Å². The number of carbonyl (C=O) groups is 1. The third-order valence-corrected chi connectivity index (χ3v) is 2.55. The SMILES string of the molecule is C=CCN1CCCC1CCC(=O)O. The average Bonchev–Trinajstić information content (AvgIpc) is 2.49. The van der Waals surface area contributed by atoms with Crippen molar-refractivity contribution in [2.75, 3.05) is 13.1 Å². The van der Waals surface area contributed by atoms with Crippen molar-refractivity contribution in [3.63, 3.8) is 0 Å². The molecule has 1 aliphatic rings. The Hall–Kier alpha value is -0.830. The van der Waals surface area contributed by atoms with E-state index in [0.29, 0.717) is 6.04 Å². The zero-order valence-electron chi connectivity index (χ0n) is 7.91. The molecule has 3 nitrogen and oxygen atoms in total. The van der Waals surface area contributed by atoms with Crippen molar-refractivity contribution >= 4 is 5.97 Å². The molecule has 0 aromatic heterocycles. The van der Waals surface area contributed by atoms with Crippen LogP contribution < -0.4 is 0 Å². The molecule has 0 amide bonds. The summed E-state index contributed by atoms with van der Waals surface area (Å²) >= 11 is 0. The molecule has 1 unspecified atom stereocenters. The third-order valence-electron chi connectivity index (χ3n) is 2.55. The minimum absolute atomic E-state index is 0.290. The van der Waals surface area contributed by atoms with Crippen LogP contribution in [-0.2, 0) is 4.79 Å². The summed E-state index contributed by atoms with van der Waals surface area (Å²) in [7, 11) is 0. The van der Waals surface area contributed by atoms with Crippen LogP contribution in [0.15, 0.2) is 12.7 Å². The summed E-state index contributed by atoms with van der Waals surface area (Å²) in [6.07, 6.45) is 5.29. The summed E-state index contributed by atoms with van der Waals surface area (Å²) in [6.45, 7) is 5.68. The van der Waals surface area contributed by atoms with E-state index < -0.39 is 5.97 Å². The molecule has 0 radical (unpaired) electrons. The van der Waals surface area contributed by atoms with Gasteiger partial charge in [-0.1, -0.05) is 6.08 Å². The van der Waals surface area contributed by atoms with Gasteiger partial charge in [-0.3, -0.25) is 9.69 Å². The average molecular weight is 183 g/mol. The zero-order valence-corrected chi connectivity index (χ0v) is 7.91. The van der Waals surface area contributed by atoms with Gasteiger partial charge in [0.15, 0.2) is 0 Å². The minimum Gasteiger partial charge on any atom is -0.481 e. The molecular weight excluding hydrogens is 166 g/mol. The van der Waals surface area contributed by atoms with Gasteiger partial charge in [-0.25, -0.2) is 0 Å². The van der Waals surface area contributed by atoms with Gasteiger partial charge in [0.2, 0.25) is 0 Å². The summed E-state index contributed by atoms with van der Waals surface area (Å²) in [4.78, 5) is 12.7. The molecule has 0 saturated carbocycles. The highest BCUT2D eigenvalue weighted by molar-refractivity contribution is 5.66. The lowest BCUT2D eigenvalue weighted by Gasteiger charge is -2.21. The van der Waals surface area contributed by atoms with E-state index in [1.54, 1.807) is 0 Å². The Labute approximate surface area is 79.0 Å². The van der Waals surface area contributed by atoms with E-state index in [4.69, 9.17) is 5.11 Å². The van der Waals surface area contributed by atoms with Crippen molar-refractivity contribution in [1.29, 1.82) is 0 Å². The first-order valence-electron chi connectivity index (χ1n) is 4.80. The summed E-state index contributed by atoms with van der Waals surface area (Å²) in [5.74, 6) is -0.689. The van der Waals surface area contributed by atoms with E-state index in [1.807, 2.05) is 6.08 Å². The van der Waals surface area contributed by atoms with E-state index in [1.165, 1.54) is 6.42 Å². The van der Waals surface area contributed by atoms with Crippen LogP contribution in [0.4, 0.5) is 0 Å². The van der Waals surface area contributed by atoms with Gasteiger partial charge in [0, 0.05) is 19.0 Å². The Balaban J connectivity index is 2.30. The Morgan fingerprint density at radius 1 is 1.69 bits per heavy atom. The minimum atomic E-state index is -0.689. The Kier molecular flexibility index (Phi) is 3.96. The molecule has 1 N–H and O–H groups in total. The van der Waals surface area contributed by atoms with Gasteiger partial charge >= 0.3 is 5.97 Å². The van der Waals surface area contributed by atoms with Crippen LogP contribution in [0.2, 0.25) is 0 Å². The number of aliphatic carboxylic acids is 1. The largest absolute Gasteiger partial charge is 0.481 e. The molecule has 1 rings (SSSR count). The molecule has 74 valence electrons. The highest BCUT2D eigenvalue weighted by Crippen LogP contribution is 2.20. The fourth-order valence-electron chi connectivity index (χ4n) is 1.92. The molecule has 0 spiro atoms. The molecule has 13 heavy (non-hydrogen) atoms. The molecule has 3 heteroatoms. The molecule has 1 aliphatic heterocycles. The van der Waals surface area contributed by atoms with Crippen LogP contribution in [0, 0.1) is 0 Å². The zero-order chi connectivity index (χ0) is 9.68. The fraction of sp³-hybridized carbons (Fsp3) is 0.700. The maximum absolute atomic E-state index is 10.4. The van der Waals surface area contributed by atoms with Gasteiger partial charge in [-0.15, -0.1) is 6.58 Å². The maximum atomic E-state index is 10.4. The molecule has 1 atom stereocenters. The van der Waals surface area contributed by atoms with Crippen molar-refractivity contribution in [2.45, 2.75) is 31.7 Å². The number of carboxylic acid groups (broad SMARTS) is 1. The number of rotatable bonds is 5. The van der Waals surface area contributed by atoms with E-state index in [-0.39, 0.29) is 6.42 Å². The van der Waals surface area contributed by atoms with Gasteiger partial charge in [0.1, 0.15) is 0 Å². The van der Waals surface area contributed by atoms with Gasteiger partial charge in [-0.2, -0.15) is 0 Å². The highest BCUT2D eigenvalue weighted by atomic mass is 16.4. The first-order chi connectivity index (χ1) is 6.24. The Bertz CT molecular complexity index is 191. The van der Waals surface area contributed by atoms with Crippen LogP contribution in [0.3, 0.4) is 0 Å². The van der Waals surface area contributed by atoms with Crippen LogP contribution >= 0.6 is 0 Å². The standard InChI is InChI=1S/C10H17NO2/c1-2-7-11-8-3-4-9(11)5-6-10(12)13/h2,9H,1,3-8H2,(H,12,13). The number of hydrogen-bond acceptors (Lipinski definition) is 2. The summed E-state index contributed by atoms with van der Waals surface area (Å²) in [5.41, 5.74) is 0. The normalized spacial score (nSPS) is 23.2. The predicted molar refractivity (Wildman–Crippen MR) is 51.7 cm³/mol. The van der Waals surface area contributed by atoms with Crippen LogP contribution in [-0.4, -0.2) is 35.1 Å². The van der Waals surface area contributed by atoms with Crippen molar-refractivity contribution in [3.05, 3.63) is 12.7 Å². The quantitative estimate of drug-likeness (QED) is 0.657. The molecule has 0 aliphatic carbocycles. The highest BCUT2D eigenvalue weighted by Gasteiger charge is 2.23. The van der Waals surface area contributed by atoms with Gasteiger partial charge < -0.3 is 5.11 Å². The van der Waals surface area contributed by atoms with Gasteiger partial charge in [-0.05, 0) is 25.8 Å². The molecule has 1 heterocycles. The first-order valence-corrected chi connectivity index (χ1v) is 4.80. The number of hydrogen-bond donors (Lipinski definition) is 1. The van der Waals surface area contributed by atoms with Gasteiger partial charge in [0.25, 0.3) is 0 Å². The molecular formula is C10H17NO2. The van der Waals surface area contributed by atoms with Crippen molar-refractivity contribution < 1.29 is 9.90 Å². The van der Waals surface area contributed by atoms with E-state index in [9.17, 15) is 4.79 Å². The Morgan fingerprint density at radius 3 is 3.08 bits per heavy atom. The van der Waals surface area contributed by atoms with Gasteiger partial charge in [0.05, 0.1) is 0 Å². The van der Waals surface area contributed by atoms with Crippen LogP contribution in [0.5, 0.6) is 0 Å². The second-order valence-electron chi connectivity index (χ2n) is 3.51. The Morgan fingerprint density at radius 2 is 2.46 bits per heavy atom. The van der Waals surface area contributed by atoms with Crippen LogP contribution in [0.25, 0.3) is 0 Å².